The maximum Gasteiger partial charge on any atom is 0.0647 e. The monoisotopic (exact) mass is 157 g/mol. The normalized spacial score (nSPS) is 11.1. The zero-order valence-electron chi connectivity index (χ0n) is 7.60. The van der Waals surface area contributed by atoms with Gasteiger partial charge in [0, 0.05) is 6.61 Å². The summed E-state index contributed by atoms with van der Waals surface area (Å²) in [5.41, 5.74) is 0. The van der Waals surface area contributed by atoms with Gasteiger partial charge in [-0.3, -0.25) is 0 Å². The highest BCUT2D eigenvalue weighted by atomic mass is 16.5. The lowest BCUT2D eigenvalue weighted by molar-refractivity contribution is 0.163. The van der Waals surface area contributed by atoms with Crippen LogP contribution in [0.4, 0.5) is 0 Å². The molecule has 0 aliphatic heterocycles. The Kier molecular flexibility index (Phi) is 9.36. The minimum Gasteiger partial charge on any atom is -0.377 e. The summed E-state index contributed by atoms with van der Waals surface area (Å²) >= 11 is 0. The minimum absolute atomic E-state index is 0.761. The number of nitrogens with one attached hydrogen (secondary N) is 1. The van der Waals surface area contributed by atoms with Gasteiger partial charge >= 0.3 is 0 Å². The van der Waals surface area contributed by atoms with E-state index in [0.717, 1.165) is 32.6 Å². The lowest BCUT2D eigenvalue weighted by Gasteiger charge is -1.95. The molecule has 0 aromatic rings. The average molecular weight is 157 g/mol. The van der Waals surface area contributed by atoms with Crippen LogP contribution in [0, 0.1) is 0 Å². The van der Waals surface area contributed by atoms with Crippen LogP contribution in [0.1, 0.15) is 19.8 Å². The van der Waals surface area contributed by atoms with Crippen molar-refractivity contribution >= 4 is 0 Å². The van der Waals surface area contributed by atoms with Gasteiger partial charge in [-0.05, 0) is 26.4 Å². The van der Waals surface area contributed by atoms with E-state index in [2.05, 4.69) is 24.4 Å². The Hall–Kier alpha value is -0.340. The summed E-state index contributed by atoms with van der Waals surface area (Å²) in [6.07, 6.45) is 6.41. The standard InChI is InChI=1S/C9H19NO/c1-3-8-11-9-6-4-5-7-10-2/h4,6,10H,3,5,7-9H2,1-2H3. The third-order valence-corrected chi connectivity index (χ3v) is 1.29. The molecule has 11 heavy (non-hydrogen) atoms. The minimum atomic E-state index is 0.761. The van der Waals surface area contributed by atoms with Crippen LogP contribution in [0.3, 0.4) is 0 Å². The lowest BCUT2D eigenvalue weighted by Crippen LogP contribution is -2.05. The summed E-state index contributed by atoms with van der Waals surface area (Å²) < 4.78 is 5.26. The first-order valence-electron chi connectivity index (χ1n) is 4.29. The smallest absolute Gasteiger partial charge is 0.0647 e. The Morgan fingerprint density at radius 3 is 2.82 bits per heavy atom. The van der Waals surface area contributed by atoms with Crippen molar-refractivity contribution in [2.24, 2.45) is 0 Å². The lowest BCUT2D eigenvalue weighted by atomic mass is 10.4. The molecular weight excluding hydrogens is 138 g/mol. The summed E-state index contributed by atoms with van der Waals surface area (Å²) in [5.74, 6) is 0. The van der Waals surface area contributed by atoms with E-state index in [4.69, 9.17) is 4.74 Å². The van der Waals surface area contributed by atoms with Crippen LogP contribution in [0.2, 0.25) is 0 Å². The van der Waals surface area contributed by atoms with Crippen LogP contribution in [0.15, 0.2) is 12.2 Å². The Morgan fingerprint density at radius 1 is 1.36 bits per heavy atom. The van der Waals surface area contributed by atoms with Crippen molar-refractivity contribution in [1.82, 2.24) is 5.32 Å². The Balaban J connectivity index is 2.91. The molecule has 0 amide bonds. The highest BCUT2D eigenvalue weighted by Crippen LogP contribution is 1.84. The van der Waals surface area contributed by atoms with Crippen LogP contribution in [0.25, 0.3) is 0 Å². The molecule has 1 N–H and O–H groups in total. The molecule has 0 saturated carbocycles. The van der Waals surface area contributed by atoms with Gasteiger partial charge in [-0.15, -0.1) is 0 Å². The number of hydrogen-bond acceptors (Lipinski definition) is 2. The molecule has 0 heterocycles. The maximum atomic E-state index is 5.26. The second kappa shape index (κ2) is 9.66. The van der Waals surface area contributed by atoms with E-state index < -0.39 is 0 Å². The fraction of sp³-hybridized carbons (Fsp3) is 0.778. The SMILES string of the molecule is CCCOCC=CCCNC. The number of rotatable bonds is 7. The highest BCUT2D eigenvalue weighted by molar-refractivity contribution is 4.81. The predicted molar refractivity (Wildman–Crippen MR) is 48.8 cm³/mol. The second-order valence-corrected chi connectivity index (χ2v) is 2.44. The van der Waals surface area contributed by atoms with Crippen LogP contribution < -0.4 is 5.32 Å². The zero-order chi connectivity index (χ0) is 8.36. The summed E-state index contributed by atoms with van der Waals surface area (Å²) in [5, 5.41) is 3.08. The third-order valence-electron chi connectivity index (χ3n) is 1.29. The summed E-state index contributed by atoms with van der Waals surface area (Å²) in [6, 6.07) is 0. The molecular formula is C9H19NO. The molecule has 0 spiro atoms. The van der Waals surface area contributed by atoms with E-state index in [1.807, 2.05) is 7.05 Å². The van der Waals surface area contributed by atoms with Crippen molar-refractivity contribution in [1.29, 1.82) is 0 Å². The van der Waals surface area contributed by atoms with Gasteiger partial charge in [0.25, 0.3) is 0 Å². The van der Waals surface area contributed by atoms with Crippen molar-refractivity contribution in [2.45, 2.75) is 19.8 Å². The van der Waals surface area contributed by atoms with E-state index in [0.29, 0.717) is 0 Å². The first-order valence-corrected chi connectivity index (χ1v) is 4.29. The largest absolute Gasteiger partial charge is 0.377 e. The Morgan fingerprint density at radius 2 is 2.18 bits per heavy atom. The van der Waals surface area contributed by atoms with E-state index >= 15 is 0 Å². The fourth-order valence-corrected chi connectivity index (χ4v) is 0.709. The van der Waals surface area contributed by atoms with Gasteiger partial charge in [0.1, 0.15) is 0 Å². The van der Waals surface area contributed by atoms with Crippen LogP contribution in [0.5, 0.6) is 0 Å². The molecule has 0 aliphatic carbocycles. The molecule has 66 valence electrons. The Labute approximate surface area is 69.6 Å². The number of hydrogen-bond donors (Lipinski definition) is 1. The fourth-order valence-electron chi connectivity index (χ4n) is 0.709. The predicted octanol–water partition coefficient (Wildman–Crippen LogP) is 1.58. The van der Waals surface area contributed by atoms with Gasteiger partial charge in [-0.25, -0.2) is 0 Å². The molecule has 0 unspecified atom stereocenters. The first kappa shape index (κ1) is 10.7. The van der Waals surface area contributed by atoms with Crippen molar-refractivity contribution in [3.8, 4) is 0 Å². The third kappa shape index (κ3) is 9.66. The highest BCUT2D eigenvalue weighted by Gasteiger charge is 1.79. The topological polar surface area (TPSA) is 21.3 Å². The molecule has 0 bridgehead atoms. The van der Waals surface area contributed by atoms with Crippen molar-refractivity contribution in [2.75, 3.05) is 26.8 Å². The van der Waals surface area contributed by atoms with Crippen LogP contribution in [-0.4, -0.2) is 26.8 Å². The van der Waals surface area contributed by atoms with Crippen molar-refractivity contribution < 1.29 is 4.74 Å². The zero-order valence-corrected chi connectivity index (χ0v) is 7.60. The van der Waals surface area contributed by atoms with Crippen LogP contribution >= 0.6 is 0 Å². The molecule has 0 saturated heterocycles. The van der Waals surface area contributed by atoms with E-state index in [9.17, 15) is 0 Å². The Bertz CT molecular complexity index is 91.6. The van der Waals surface area contributed by atoms with E-state index in [1.54, 1.807) is 0 Å². The van der Waals surface area contributed by atoms with Gasteiger partial charge in [0.2, 0.25) is 0 Å². The molecule has 0 fully saturated rings. The van der Waals surface area contributed by atoms with Crippen molar-refractivity contribution in [3.05, 3.63) is 12.2 Å². The number of ether oxygens (including phenoxy) is 1. The summed E-state index contributed by atoms with van der Waals surface area (Å²) in [4.78, 5) is 0. The summed E-state index contributed by atoms with van der Waals surface area (Å²) in [7, 11) is 1.96. The molecule has 0 aliphatic rings. The molecule has 0 aromatic carbocycles. The van der Waals surface area contributed by atoms with Gasteiger partial charge in [-0.2, -0.15) is 0 Å². The average Bonchev–Trinajstić information content (AvgIpc) is 2.03. The van der Waals surface area contributed by atoms with E-state index in [1.165, 1.54) is 0 Å². The summed E-state index contributed by atoms with van der Waals surface area (Å²) in [6.45, 7) is 4.79. The second-order valence-electron chi connectivity index (χ2n) is 2.44. The van der Waals surface area contributed by atoms with Crippen LogP contribution in [-0.2, 0) is 4.74 Å². The molecule has 0 radical (unpaired) electrons. The van der Waals surface area contributed by atoms with E-state index in [-0.39, 0.29) is 0 Å². The van der Waals surface area contributed by atoms with Gasteiger partial charge in [-0.1, -0.05) is 19.1 Å². The quantitative estimate of drug-likeness (QED) is 0.447. The maximum absolute atomic E-state index is 5.26. The van der Waals surface area contributed by atoms with Crippen molar-refractivity contribution in [3.63, 3.8) is 0 Å². The molecule has 2 nitrogen and oxygen atoms in total. The van der Waals surface area contributed by atoms with Gasteiger partial charge < -0.3 is 10.1 Å². The first-order chi connectivity index (χ1) is 5.41. The molecule has 0 rings (SSSR count). The molecule has 0 atom stereocenters. The van der Waals surface area contributed by atoms with Gasteiger partial charge in [0.05, 0.1) is 6.61 Å². The van der Waals surface area contributed by atoms with Gasteiger partial charge in [0.15, 0.2) is 0 Å². The molecule has 2 heteroatoms. The molecule has 0 aromatic heterocycles.